The Morgan fingerprint density at radius 2 is 1.58 bits per heavy atom. The zero-order chi connectivity index (χ0) is 19.3. The topological polar surface area (TPSA) is 64.6 Å². The molecule has 26 heavy (non-hydrogen) atoms. The normalized spacial score (nSPS) is 12.2. The smallest absolute Gasteiger partial charge is 0.449 e. The molecule has 5 nitrogen and oxygen atoms in total. The Morgan fingerprint density at radius 3 is 2.12 bits per heavy atom. The third-order valence-electron chi connectivity index (χ3n) is 3.30. The lowest BCUT2D eigenvalue weighted by Gasteiger charge is -2.14. The monoisotopic (exact) mass is 367 g/mol. The Labute approximate surface area is 147 Å². The summed E-state index contributed by atoms with van der Waals surface area (Å²) in [5, 5.41) is 2.60. The second-order valence-electron chi connectivity index (χ2n) is 5.47. The van der Waals surface area contributed by atoms with E-state index >= 15 is 0 Å². The zero-order valence-electron chi connectivity index (χ0n) is 14.0. The van der Waals surface area contributed by atoms with Gasteiger partial charge >= 0.3 is 12.3 Å². The summed E-state index contributed by atoms with van der Waals surface area (Å²) in [6.45, 7) is 3.30. The fourth-order valence-electron chi connectivity index (χ4n) is 1.96. The summed E-state index contributed by atoms with van der Waals surface area (Å²) in [4.78, 5) is 24.0. The molecule has 1 N–H and O–H groups in total. The van der Waals surface area contributed by atoms with Crippen LogP contribution >= 0.6 is 0 Å². The number of benzene rings is 2. The molecule has 0 aromatic heterocycles. The standard InChI is InChI=1S/C18H16F3NO4/c1-11-3-7-14(8-4-11)22-16(23)12(2)25-17(24)13-5-9-15(10-6-13)26-18(19,20)21/h3-10,12H,1-2H3,(H,22,23)/t12-/m0/s1. The van der Waals surface area contributed by atoms with Crippen molar-refractivity contribution in [1.29, 1.82) is 0 Å². The van der Waals surface area contributed by atoms with Crippen LogP contribution in [0.5, 0.6) is 5.75 Å². The lowest BCUT2D eigenvalue weighted by atomic mass is 10.2. The Bertz CT molecular complexity index is 771. The number of carbonyl (C=O) groups excluding carboxylic acids is 2. The number of carbonyl (C=O) groups is 2. The molecule has 0 unspecified atom stereocenters. The van der Waals surface area contributed by atoms with Gasteiger partial charge < -0.3 is 14.8 Å². The molecule has 0 spiro atoms. The maximum atomic E-state index is 12.1. The molecule has 0 heterocycles. The first-order valence-corrected chi connectivity index (χ1v) is 7.58. The molecule has 1 amide bonds. The maximum absolute atomic E-state index is 12.1. The minimum atomic E-state index is -4.81. The van der Waals surface area contributed by atoms with Crippen LogP contribution in [-0.2, 0) is 9.53 Å². The number of esters is 1. The van der Waals surface area contributed by atoms with Gasteiger partial charge in [-0.2, -0.15) is 0 Å². The third kappa shape index (κ3) is 5.80. The van der Waals surface area contributed by atoms with E-state index in [4.69, 9.17) is 4.74 Å². The van der Waals surface area contributed by atoms with Gasteiger partial charge in [0, 0.05) is 5.69 Å². The highest BCUT2D eigenvalue weighted by atomic mass is 19.4. The van der Waals surface area contributed by atoms with Crippen LogP contribution in [0.25, 0.3) is 0 Å². The second kappa shape index (κ2) is 7.90. The molecule has 0 aliphatic rings. The summed E-state index contributed by atoms with van der Waals surface area (Å²) in [7, 11) is 0. The van der Waals surface area contributed by atoms with Crippen LogP contribution in [0.2, 0.25) is 0 Å². The summed E-state index contributed by atoms with van der Waals surface area (Å²) in [5.41, 5.74) is 1.58. The zero-order valence-corrected chi connectivity index (χ0v) is 14.0. The molecule has 0 saturated carbocycles. The molecular formula is C18H16F3NO4. The number of amides is 1. The van der Waals surface area contributed by atoms with Crippen LogP contribution in [0.1, 0.15) is 22.8 Å². The van der Waals surface area contributed by atoms with Crippen molar-refractivity contribution in [1.82, 2.24) is 0 Å². The Hall–Kier alpha value is -3.03. The fraction of sp³-hybridized carbons (Fsp3) is 0.222. The number of hydrogen-bond donors (Lipinski definition) is 1. The van der Waals surface area contributed by atoms with E-state index in [2.05, 4.69) is 10.1 Å². The van der Waals surface area contributed by atoms with Crippen LogP contribution in [0.4, 0.5) is 18.9 Å². The molecule has 138 valence electrons. The van der Waals surface area contributed by atoms with E-state index < -0.39 is 30.1 Å². The molecule has 0 radical (unpaired) electrons. The van der Waals surface area contributed by atoms with E-state index in [-0.39, 0.29) is 5.56 Å². The van der Waals surface area contributed by atoms with Crippen LogP contribution in [0.15, 0.2) is 48.5 Å². The summed E-state index contributed by atoms with van der Waals surface area (Å²) in [6.07, 6.45) is -5.90. The van der Waals surface area contributed by atoms with Gasteiger partial charge in [-0.1, -0.05) is 17.7 Å². The van der Waals surface area contributed by atoms with Gasteiger partial charge in [0.1, 0.15) is 5.75 Å². The largest absolute Gasteiger partial charge is 0.573 e. The number of anilines is 1. The van der Waals surface area contributed by atoms with Gasteiger partial charge in [0.05, 0.1) is 5.56 Å². The molecule has 0 aliphatic carbocycles. The molecule has 0 fully saturated rings. The highest BCUT2D eigenvalue weighted by Crippen LogP contribution is 2.23. The molecule has 2 aromatic carbocycles. The maximum Gasteiger partial charge on any atom is 0.573 e. The molecule has 2 aromatic rings. The van der Waals surface area contributed by atoms with E-state index in [1.807, 2.05) is 19.1 Å². The molecule has 0 bridgehead atoms. The van der Waals surface area contributed by atoms with Gasteiger partial charge in [0.2, 0.25) is 0 Å². The Balaban J connectivity index is 1.93. The van der Waals surface area contributed by atoms with Crippen LogP contribution < -0.4 is 10.1 Å². The number of alkyl halides is 3. The van der Waals surface area contributed by atoms with Crippen LogP contribution in [0.3, 0.4) is 0 Å². The van der Waals surface area contributed by atoms with Gasteiger partial charge in [-0.25, -0.2) is 4.79 Å². The summed E-state index contributed by atoms with van der Waals surface area (Å²) in [5.74, 6) is -1.83. The highest BCUT2D eigenvalue weighted by Gasteiger charge is 2.31. The number of aryl methyl sites for hydroxylation is 1. The van der Waals surface area contributed by atoms with E-state index in [1.165, 1.54) is 6.92 Å². The minimum Gasteiger partial charge on any atom is -0.449 e. The number of hydrogen-bond acceptors (Lipinski definition) is 4. The Morgan fingerprint density at radius 1 is 1.00 bits per heavy atom. The number of ether oxygens (including phenoxy) is 2. The molecular weight excluding hydrogens is 351 g/mol. The Kier molecular flexibility index (Phi) is 5.86. The van der Waals surface area contributed by atoms with E-state index in [1.54, 1.807) is 12.1 Å². The number of rotatable bonds is 5. The van der Waals surface area contributed by atoms with Crippen molar-refractivity contribution in [3.05, 3.63) is 59.7 Å². The second-order valence-corrected chi connectivity index (χ2v) is 5.47. The first-order valence-electron chi connectivity index (χ1n) is 7.58. The van der Waals surface area contributed by atoms with Gasteiger partial charge in [-0.15, -0.1) is 13.2 Å². The van der Waals surface area contributed by atoms with E-state index in [9.17, 15) is 22.8 Å². The van der Waals surface area contributed by atoms with Crippen LogP contribution in [0, 0.1) is 6.92 Å². The number of nitrogens with one attached hydrogen (secondary N) is 1. The molecule has 8 heteroatoms. The quantitative estimate of drug-likeness (QED) is 0.809. The van der Waals surface area contributed by atoms with Crippen LogP contribution in [-0.4, -0.2) is 24.3 Å². The number of halogens is 3. The average Bonchev–Trinajstić information content (AvgIpc) is 2.56. The minimum absolute atomic E-state index is 0.00508. The van der Waals surface area contributed by atoms with Gasteiger partial charge in [-0.05, 0) is 50.2 Å². The predicted molar refractivity (Wildman–Crippen MR) is 87.8 cm³/mol. The average molecular weight is 367 g/mol. The molecule has 1 atom stereocenters. The van der Waals surface area contributed by atoms with Crippen molar-refractivity contribution in [3.63, 3.8) is 0 Å². The van der Waals surface area contributed by atoms with Gasteiger partial charge in [0.25, 0.3) is 5.91 Å². The third-order valence-corrected chi connectivity index (χ3v) is 3.30. The highest BCUT2D eigenvalue weighted by molar-refractivity contribution is 5.97. The first-order chi connectivity index (χ1) is 12.1. The summed E-state index contributed by atoms with van der Waals surface area (Å²) in [6, 6.07) is 11.3. The summed E-state index contributed by atoms with van der Waals surface area (Å²) >= 11 is 0. The molecule has 0 aliphatic heterocycles. The summed E-state index contributed by atoms with van der Waals surface area (Å²) < 4.78 is 45.0. The van der Waals surface area contributed by atoms with Crippen molar-refractivity contribution in [2.24, 2.45) is 0 Å². The van der Waals surface area contributed by atoms with Gasteiger partial charge in [-0.3, -0.25) is 4.79 Å². The first kappa shape index (κ1) is 19.3. The van der Waals surface area contributed by atoms with E-state index in [0.717, 1.165) is 29.8 Å². The van der Waals surface area contributed by atoms with Crippen molar-refractivity contribution in [2.45, 2.75) is 26.3 Å². The van der Waals surface area contributed by atoms with Crippen molar-refractivity contribution in [2.75, 3.05) is 5.32 Å². The van der Waals surface area contributed by atoms with Gasteiger partial charge in [0.15, 0.2) is 6.10 Å². The van der Waals surface area contributed by atoms with Crippen molar-refractivity contribution in [3.8, 4) is 5.75 Å². The molecule has 2 rings (SSSR count). The fourth-order valence-corrected chi connectivity index (χ4v) is 1.96. The van der Waals surface area contributed by atoms with Crippen molar-refractivity contribution < 1.29 is 32.2 Å². The van der Waals surface area contributed by atoms with E-state index in [0.29, 0.717) is 5.69 Å². The lowest BCUT2D eigenvalue weighted by Crippen LogP contribution is -2.30. The SMILES string of the molecule is Cc1ccc(NC(=O)[C@H](C)OC(=O)c2ccc(OC(F)(F)F)cc2)cc1. The predicted octanol–water partition coefficient (Wildman–Crippen LogP) is 4.08. The molecule has 0 saturated heterocycles. The van der Waals surface area contributed by atoms with Crippen molar-refractivity contribution >= 4 is 17.6 Å². The lowest BCUT2D eigenvalue weighted by molar-refractivity contribution is -0.274.